The monoisotopic (exact) mass is 474 g/mol. The van der Waals surface area contributed by atoms with E-state index in [1.807, 2.05) is 36.7 Å². The van der Waals surface area contributed by atoms with Crippen molar-refractivity contribution in [3.63, 3.8) is 0 Å². The molecule has 2 heterocycles. The topological polar surface area (TPSA) is 75.5 Å². The summed E-state index contributed by atoms with van der Waals surface area (Å²) in [5.74, 6) is -2.04. The molecule has 0 atom stereocenters. The maximum absolute atomic E-state index is 14.0. The molecule has 0 spiro atoms. The molecule has 33 heavy (non-hydrogen) atoms. The predicted molar refractivity (Wildman–Crippen MR) is 118 cm³/mol. The van der Waals surface area contributed by atoms with Crippen molar-refractivity contribution in [2.75, 3.05) is 26.2 Å². The molecular formula is C23H24F2N4O3S. The molecule has 1 aliphatic rings. The van der Waals surface area contributed by atoms with Gasteiger partial charge in [-0.1, -0.05) is 12.1 Å². The molecular weight excluding hydrogens is 450 g/mol. The molecule has 1 fully saturated rings. The number of hydrogen-bond acceptors (Lipinski definition) is 4. The summed E-state index contributed by atoms with van der Waals surface area (Å²) in [5.41, 5.74) is 3.50. The van der Waals surface area contributed by atoms with E-state index in [4.69, 9.17) is 0 Å². The molecule has 0 bridgehead atoms. The third-order valence-electron chi connectivity index (χ3n) is 5.67. The molecule has 2 aromatic carbocycles. The number of rotatable bonds is 5. The van der Waals surface area contributed by atoms with E-state index in [-0.39, 0.29) is 32.1 Å². The second-order valence-corrected chi connectivity index (χ2v) is 9.96. The highest BCUT2D eigenvalue weighted by molar-refractivity contribution is 7.89. The van der Waals surface area contributed by atoms with E-state index in [1.54, 1.807) is 17.0 Å². The zero-order chi connectivity index (χ0) is 23.8. The Bertz CT molecular complexity index is 1280. The Morgan fingerprint density at radius 3 is 2.24 bits per heavy atom. The van der Waals surface area contributed by atoms with Gasteiger partial charge in [0.15, 0.2) is 0 Å². The first-order valence-electron chi connectivity index (χ1n) is 10.5. The zero-order valence-corrected chi connectivity index (χ0v) is 19.1. The molecule has 1 aliphatic heterocycles. The summed E-state index contributed by atoms with van der Waals surface area (Å²) in [7, 11) is -4.19. The van der Waals surface area contributed by atoms with Gasteiger partial charge in [-0.25, -0.2) is 17.2 Å². The summed E-state index contributed by atoms with van der Waals surface area (Å²) in [5, 5.41) is 4.44. The number of carbonyl (C=O) groups is 1. The molecule has 4 rings (SSSR count). The highest BCUT2D eigenvalue weighted by atomic mass is 32.2. The van der Waals surface area contributed by atoms with Crippen LogP contribution in [0.15, 0.2) is 53.4 Å². The number of hydrogen-bond donors (Lipinski definition) is 0. The van der Waals surface area contributed by atoms with Crippen LogP contribution in [0, 0.1) is 25.5 Å². The van der Waals surface area contributed by atoms with Crippen LogP contribution in [0.25, 0.3) is 0 Å². The summed E-state index contributed by atoms with van der Waals surface area (Å²) < 4.78 is 55.9. The van der Waals surface area contributed by atoms with Gasteiger partial charge >= 0.3 is 0 Å². The molecule has 0 saturated carbocycles. The maximum atomic E-state index is 14.0. The normalized spacial score (nSPS) is 15.1. The van der Waals surface area contributed by atoms with Crippen LogP contribution >= 0.6 is 0 Å². The average molecular weight is 475 g/mol. The summed E-state index contributed by atoms with van der Waals surface area (Å²) in [6.45, 7) is 4.83. The van der Waals surface area contributed by atoms with Crippen LogP contribution < -0.4 is 0 Å². The number of aryl methyl sites for hydroxylation is 2. The summed E-state index contributed by atoms with van der Waals surface area (Å²) >= 11 is 0. The smallest absolute Gasteiger partial charge is 0.253 e. The number of carbonyl (C=O) groups excluding carboxylic acids is 1. The van der Waals surface area contributed by atoms with E-state index in [2.05, 4.69) is 5.10 Å². The Hall–Kier alpha value is -3.11. The number of amides is 1. The van der Waals surface area contributed by atoms with Gasteiger partial charge < -0.3 is 4.90 Å². The van der Waals surface area contributed by atoms with Crippen LogP contribution in [-0.4, -0.2) is 59.5 Å². The minimum atomic E-state index is -4.19. The van der Waals surface area contributed by atoms with Gasteiger partial charge in [-0.15, -0.1) is 0 Å². The first-order valence-corrected chi connectivity index (χ1v) is 11.9. The van der Waals surface area contributed by atoms with Gasteiger partial charge in [-0.05, 0) is 55.8 Å². The largest absolute Gasteiger partial charge is 0.336 e. The first kappa shape index (κ1) is 23.1. The number of halogens is 2. The second-order valence-electron chi connectivity index (χ2n) is 8.05. The summed E-state index contributed by atoms with van der Waals surface area (Å²) in [4.78, 5) is 13.7. The fourth-order valence-corrected chi connectivity index (χ4v) is 5.39. The van der Waals surface area contributed by atoms with Gasteiger partial charge in [0, 0.05) is 37.4 Å². The van der Waals surface area contributed by atoms with Crippen molar-refractivity contribution in [3.8, 4) is 0 Å². The molecule has 1 amide bonds. The molecule has 1 saturated heterocycles. The Morgan fingerprint density at radius 1 is 0.970 bits per heavy atom. The van der Waals surface area contributed by atoms with Crippen molar-refractivity contribution in [1.29, 1.82) is 0 Å². The number of aromatic nitrogens is 2. The lowest BCUT2D eigenvalue weighted by atomic mass is 10.1. The Labute approximate surface area is 191 Å². The van der Waals surface area contributed by atoms with Crippen LogP contribution in [-0.2, 0) is 16.6 Å². The van der Waals surface area contributed by atoms with E-state index < -0.39 is 26.6 Å². The molecule has 0 N–H and O–H groups in total. The van der Waals surface area contributed by atoms with Gasteiger partial charge in [0.2, 0.25) is 10.0 Å². The minimum Gasteiger partial charge on any atom is -0.336 e. The third-order valence-corrected chi connectivity index (χ3v) is 7.59. The van der Waals surface area contributed by atoms with Crippen molar-refractivity contribution < 1.29 is 22.0 Å². The van der Waals surface area contributed by atoms with E-state index in [0.717, 1.165) is 33.4 Å². The van der Waals surface area contributed by atoms with Crippen LogP contribution in [0.2, 0.25) is 0 Å². The Morgan fingerprint density at radius 2 is 1.64 bits per heavy atom. The highest BCUT2D eigenvalue weighted by Gasteiger charge is 2.32. The standard InChI is InChI=1S/C23H24F2N4O3S/c1-16-13-17(2)29(26-16)15-18-3-5-19(6-4-18)23(30)27-9-11-28(12-10-27)33(31,32)22-14-20(24)7-8-21(22)25/h3-8,13-14H,9-12,15H2,1-2H3. The van der Waals surface area contributed by atoms with E-state index in [9.17, 15) is 22.0 Å². The van der Waals surface area contributed by atoms with Gasteiger partial charge in [0.05, 0.1) is 12.2 Å². The Kier molecular flexibility index (Phi) is 6.31. The molecule has 3 aromatic rings. The van der Waals surface area contributed by atoms with Crippen molar-refractivity contribution in [3.05, 3.63) is 82.7 Å². The fourth-order valence-electron chi connectivity index (χ4n) is 3.89. The maximum Gasteiger partial charge on any atom is 0.253 e. The van der Waals surface area contributed by atoms with Gasteiger partial charge in [0.1, 0.15) is 16.5 Å². The third kappa shape index (κ3) is 4.81. The highest BCUT2D eigenvalue weighted by Crippen LogP contribution is 2.22. The number of sulfonamides is 1. The van der Waals surface area contributed by atoms with Crippen LogP contribution in [0.4, 0.5) is 8.78 Å². The lowest BCUT2D eigenvalue weighted by Gasteiger charge is -2.34. The fraction of sp³-hybridized carbons (Fsp3) is 0.304. The lowest BCUT2D eigenvalue weighted by molar-refractivity contribution is 0.0697. The number of piperazine rings is 1. The molecule has 7 nitrogen and oxygen atoms in total. The van der Waals surface area contributed by atoms with E-state index >= 15 is 0 Å². The quantitative estimate of drug-likeness (QED) is 0.570. The van der Waals surface area contributed by atoms with E-state index in [1.165, 1.54) is 0 Å². The van der Waals surface area contributed by atoms with Crippen molar-refractivity contribution in [2.45, 2.75) is 25.3 Å². The molecule has 10 heteroatoms. The Balaban J connectivity index is 1.40. The van der Waals surface area contributed by atoms with Gasteiger partial charge in [-0.3, -0.25) is 9.48 Å². The average Bonchev–Trinajstić information content (AvgIpc) is 3.11. The van der Waals surface area contributed by atoms with Crippen molar-refractivity contribution in [1.82, 2.24) is 19.0 Å². The van der Waals surface area contributed by atoms with Crippen molar-refractivity contribution in [2.24, 2.45) is 0 Å². The molecule has 0 aliphatic carbocycles. The minimum absolute atomic E-state index is 0.0000367. The van der Waals surface area contributed by atoms with Crippen LogP contribution in [0.1, 0.15) is 27.3 Å². The summed E-state index contributed by atoms with van der Waals surface area (Å²) in [6.07, 6.45) is 0. The summed E-state index contributed by atoms with van der Waals surface area (Å²) in [6, 6.07) is 11.6. The van der Waals surface area contributed by atoms with Gasteiger partial charge in [-0.2, -0.15) is 9.40 Å². The molecule has 0 radical (unpaired) electrons. The van der Waals surface area contributed by atoms with Crippen LogP contribution in [0.3, 0.4) is 0 Å². The molecule has 0 unspecified atom stereocenters. The predicted octanol–water partition coefficient (Wildman–Crippen LogP) is 2.97. The van der Waals surface area contributed by atoms with Gasteiger partial charge in [0.25, 0.3) is 5.91 Å². The van der Waals surface area contributed by atoms with Crippen molar-refractivity contribution >= 4 is 15.9 Å². The zero-order valence-electron chi connectivity index (χ0n) is 18.3. The lowest BCUT2D eigenvalue weighted by Crippen LogP contribution is -2.50. The second kappa shape index (κ2) is 9.03. The first-order chi connectivity index (χ1) is 15.6. The molecule has 174 valence electrons. The number of benzene rings is 2. The number of nitrogens with zero attached hydrogens (tertiary/aromatic N) is 4. The van der Waals surface area contributed by atoms with E-state index in [0.29, 0.717) is 18.2 Å². The SMILES string of the molecule is Cc1cc(C)n(Cc2ccc(C(=O)N3CCN(S(=O)(=O)c4cc(F)ccc4F)CC3)cc2)n1. The van der Waals surface area contributed by atoms with Crippen LogP contribution in [0.5, 0.6) is 0 Å². The molecule has 1 aromatic heterocycles.